The van der Waals surface area contributed by atoms with Gasteiger partial charge >= 0.3 is 0 Å². The van der Waals surface area contributed by atoms with E-state index in [9.17, 15) is 0 Å². The van der Waals surface area contributed by atoms with Gasteiger partial charge in [-0.2, -0.15) is 0 Å². The molecule has 0 spiro atoms. The van der Waals surface area contributed by atoms with Crippen LogP contribution in [0.1, 0.15) is 30.9 Å². The predicted molar refractivity (Wildman–Crippen MR) is 143 cm³/mol. The van der Waals surface area contributed by atoms with Gasteiger partial charge in [0, 0.05) is 37.9 Å². The Morgan fingerprint density at radius 3 is 2.08 bits per heavy atom. The molecule has 6 aromatic rings. The third kappa shape index (κ3) is 5.31. The minimum atomic E-state index is 0. The fourth-order valence-electron chi connectivity index (χ4n) is 4.19. The zero-order chi connectivity index (χ0) is 24.2. The Morgan fingerprint density at radius 1 is 0.722 bits per heavy atom. The summed E-state index contributed by atoms with van der Waals surface area (Å²) in [5.74, 6) is 0.423. The maximum atomic E-state index is 6.26. The van der Waals surface area contributed by atoms with Gasteiger partial charge in [-0.1, -0.05) is 74.2 Å². The smallest absolute Gasteiger partial charge is 0.124 e. The van der Waals surface area contributed by atoms with E-state index in [4.69, 9.17) is 4.42 Å². The molecule has 6 rings (SSSR count). The van der Waals surface area contributed by atoms with Crippen LogP contribution in [0.5, 0.6) is 0 Å². The first-order chi connectivity index (χ1) is 17.1. The van der Waals surface area contributed by atoms with E-state index in [1.807, 2.05) is 54.6 Å². The van der Waals surface area contributed by atoms with E-state index in [0.29, 0.717) is 5.92 Å². The maximum absolute atomic E-state index is 6.26. The van der Waals surface area contributed by atoms with Crippen LogP contribution in [0.15, 0.2) is 102 Å². The number of para-hydroxylation sites is 1. The second kappa shape index (κ2) is 11.4. The molecule has 0 bridgehead atoms. The summed E-state index contributed by atoms with van der Waals surface area (Å²) in [5.41, 5.74) is 8.16. The number of rotatable bonds is 3. The van der Waals surface area contributed by atoms with Crippen molar-refractivity contribution in [1.29, 1.82) is 0 Å². The first kappa shape index (κ1) is 25.5. The number of benzene rings is 3. The number of aryl methyl sites for hydroxylation is 1. The molecule has 3 nitrogen and oxygen atoms in total. The van der Waals surface area contributed by atoms with Crippen LogP contribution in [0.3, 0.4) is 0 Å². The molecular weight excluding hydrogens is 621 g/mol. The van der Waals surface area contributed by atoms with E-state index in [2.05, 4.69) is 73.2 Å². The average Bonchev–Trinajstić information content (AvgIpc) is 3.29. The molecule has 3 aromatic heterocycles. The molecule has 3 aromatic carbocycles. The molecule has 0 saturated heterocycles. The van der Waals surface area contributed by atoms with E-state index in [-0.39, 0.29) is 20.1 Å². The summed E-state index contributed by atoms with van der Waals surface area (Å²) >= 11 is 0. The van der Waals surface area contributed by atoms with Gasteiger partial charge in [-0.05, 0) is 35.0 Å². The Hall–Kier alpha value is -3.59. The van der Waals surface area contributed by atoms with Gasteiger partial charge in [0.25, 0.3) is 0 Å². The van der Waals surface area contributed by atoms with E-state index in [1.165, 1.54) is 11.1 Å². The minimum Gasteiger partial charge on any atom is -0.500 e. The number of hydrogen-bond donors (Lipinski definition) is 0. The van der Waals surface area contributed by atoms with E-state index in [0.717, 1.165) is 44.5 Å². The van der Waals surface area contributed by atoms with Gasteiger partial charge in [0.15, 0.2) is 0 Å². The number of nitrogens with zero attached hydrogens (tertiary/aromatic N) is 2. The normalized spacial score (nSPS) is 10.7. The van der Waals surface area contributed by atoms with Gasteiger partial charge in [0.2, 0.25) is 0 Å². The van der Waals surface area contributed by atoms with Crippen LogP contribution in [0, 0.1) is 19.1 Å². The largest absolute Gasteiger partial charge is 0.500 e. The number of furan rings is 1. The van der Waals surface area contributed by atoms with Crippen molar-refractivity contribution >= 4 is 21.9 Å². The molecule has 4 heteroatoms. The molecule has 0 unspecified atom stereocenters. The van der Waals surface area contributed by atoms with Crippen LogP contribution in [-0.4, -0.2) is 9.97 Å². The van der Waals surface area contributed by atoms with E-state index >= 15 is 0 Å². The minimum absolute atomic E-state index is 0. The van der Waals surface area contributed by atoms with Gasteiger partial charge in [-0.3, -0.25) is 0 Å². The van der Waals surface area contributed by atoms with Crippen molar-refractivity contribution in [2.24, 2.45) is 0 Å². The summed E-state index contributed by atoms with van der Waals surface area (Å²) in [4.78, 5) is 8.69. The molecule has 0 fully saturated rings. The van der Waals surface area contributed by atoms with Gasteiger partial charge < -0.3 is 14.4 Å². The third-order valence-corrected chi connectivity index (χ3v) is 5.93. The van der Waals surface area contributed by atoms with Gasteiger partial charge in [0.05, 0.1) is 5.58 Å². The Bertz CT molecular complexity index is 1570. The maximum Gasteiger partial charge on any atom is 0.124 e. The van der Waals surface area contributed by atoms with Crippen LogP contribution in [0.4, 0.5) is 0 Å². The molecule has 0 saturated carbocycles. The van der Waals surface area contributed by atoms with Crippen molar-refractivity contribution in [3.05, 3.63) is 121 Å². The first-order valence-electron chi connectivity index (χ1n) is 11.8. The van der Waals surface area contributed by atoms with Crippen LogP contribution in [0.25, 0.3) is 44.5 Å². The number of pyridine rings is 2. The number of fused-ring (bicyclic) bond motifs is 3. The summed E-state index contributed by atoms with van der Waals surface area (Å²) < 4.78 is 6.26. The molecule has 0 atom stereocenters. The summed E-state index contributed by atoms with van der Waals surface area (Å²) in [5, 5.41) is 2.28. The van der Waals surface area contributed by atoms with Gasteiger partial charge in [-0.25, -0.2) is 0 Å². The quantitative estimate of drug-likeness (QED) is 0.181. The molecule has 181 valence electrons. The summed E-state index contributed by atoms with van der Waals surface area (Å²) in [6, 6.07) is 34.6. The van der Waals surface area contributed by atoms with Crippen molar-refractivity contribution in [3.63, 3.8) is 0 Å². The molecule has 3 heterocycles. The Labute approximate surface area is 225 Å². The van der Waals surface area contributed by atoms with Crippen molar-refractivity contribution < 1.29 is 24.5 Å². The Kier molecular flexibility index (Phi) is 8.10. The predicted octanol–water partition coefficient (Wildman–Crippen LogP) is 8.43. The molecule has 1 radical (unpaired) electrons. The fraction of sp³-hybridized carbons (Fsp3) is 0.125. The Morgan fingerprint density at radius 2 is 1.42 bits per heavy atom. The van der Waals surface area contributed by atoms with Crippen LogP contribution in [0.2, 0.25) is 0 Å². The summed E-state index contributed by atoms with van der Waals surface area (Å²) in [6.45, 7) is 6.45. The van der Waals surface area contributed by atoms with Crippen molar-refractivity contribution in [3.8, 4) is 22.5 Å². The monoisotopic (exact) mass is 647 g/mol. The third-order valence-electron chi connectivity index (χ3n) is 5.93. The molecule has 0 aliphatic rings. The van der Waals surface area contributed by atoms with E-state index in [1.54, 1.807) is 12.4 Å². The zero-order valence-electron chi connectivity index (χ0n) is 20.5. The average molecular weight is 647 g/mol. The molecule has 0 N–H and O–H groups in total. The first-order valence-corrected chi connectivity index (χ1v) is 11.8. The van der Waals surface area contributed by atoms with Crippen LogP contribution < -0.4 is 0 Å². The fourth-order valence-corrected chi connectivity index (χ4v) is 4.19. The van der Waals surface area contributed by atoms with Gasteiger partial charge in [0.1, 0.15) is 5.58 Å². The molecule has 0 aliphatic heterocycles. The second-order valence-electron chi connectivity index (χ2n) is 8.79. The standard InChI is InChI=1S/C20H16NO.C12H10N.Ir/c1-13(2)14-7-5-8-15-16-9-6-10-17(20(16)22-19(14)15)18-11-3-4-12-21-18;1-10-5-4-6-11(9-10)12-7-2-3-8-13-12;/h3-9,11-13H,1-2H3;2-5,7-9H,1H3;/q2*-1;. The molecule has 0 aliphatic carbocycles. The summed E-state index contributed by atoms with van der Waals surface area (Å²) in [6.07, 6.45) is 3.59. The van der Waals surface area contributed by atoms with Crippen molar-refractivity contribution in [2.75, 3.05) is 0 Å². The molecule has 36 heavy (non-hydrogen) atoms. The molecular formula is C32H26IrN2O-2. The van der Waals surface area contributed by atoms with Crippen LogP contribution >= 0.6 is 0 Å². The summed E-state index contributed by atoms with van der Waals surface area (Å²) in [7, 11) is 0. The topological polar surface area (TPSA) is 38.9 Å². The SMILES string of the molecule is CC(C)c1cccc2c1oc1c(-c3ccccn3)[c-]ccc12.Cc1cc[c-]c(-c2ccccn2)c1.[Ir]. The van der Waals surface area contributed by atoms with Crippen LogP contribution in [-0.2, 0) is 20.1 Å². The Balaban J connectivity index is 0.000000187. The number of aromatic nitrogens is 2. The van der Waals surface area contributed by atoms with Gasteiger partial charge in [-0.15, -0.1) is 53.6 Å². The number of hydrogen-bond acceptors (Lipinski definition) is 3. The second-order valence-corrected chi connectivity index (χ2v) is 8.79. The molecule has 0 amide bonds. The van der Waals surface area contributed by atoms with Crippen molar-refractivity contribution in [1.82, 2.24) is 9.97 Å². The zero-order valence-corrected chi connectivity index (χ0v) is 22.8. The van der Waals surface area contributed by atoms with E-state index < -0.39 is 0 Å². The van der Waals surface area contributed by atoms with Crippen molar-refractivity contribution in [2.45, 2.75) is 26.7 Å².